The second kappa shape index (κ2) is 6.86. The number of hydrazine groups is 1. The molecule has 4 atom stereocenters. The fraction of sp³-hybridized carbons (Fsp3) is 0.389. The maximum atomic E-state index is 12.3. The van der Waals surface area contributed by atoms with E-state index in [1.165, 1.54) is 0 Å². The van der Waals surface area contributed by atoms with E-state index in [1.54, 1.807) is 0 Å². The third-order valence-corrected chi connectivity index (χ3v) is 4.86. The maximum Gasteiger partial charge on any atom is 0.307 e. The van der Waals surface area contributed by atoms with Crippen LogP contribution in [-0.2, 0) is 20.8 Å². The lowest BCUT2D eigenvalue weighted by Crippen LogP contribution is -2.48. The van der Waals surface area contributed by atoms with E-state index in [1.807, 2.05) is 42.5 Å². The molecule has 6 heteroatoms. The molecule has 1 aromatic rings. The third-order valence-electron chi connectivity index (χ3n) is 4.86. The topological polar surface area (TPSA) is 95.5 Å². The smallest absolute Gasteiger partial charge is 0.307 e. The number of amides is 2. The minimum absolute atomic E-state index is 0.0580. The average Bonchev–Trinajstić information content (AvgIpc) is 3.20. The molecule has 1 aromatic carbocycles. The summed E-state index contributed by atoms with van der Waals surface area (Å²) in [7, 11) is 0. The van der Waals surface area contributed by atoms with Gasteiger partial charge in [0.15, 0.2) is 0 Å². The number of carboxylic acid groups (broad SMARTS) is 1. The summed E-state index contributed by atoms with van der Waals surface area (Å²) in [6, 6.07) is 9.59. The molecule has 0 aromatic heterocycles. The molecule has 0 aliphatic heterocycles. The number of carbonyl (C=O) groups excluding carboxylic acids is 2. The molecular weight excluding hydrogens is 308 g/mol. The van der Waals surface area contributed by atoms with Gasteiger partial charge in [-0.3, -0.25) is 25.2 Å². The molecule has 0 radical (unpaired) electrons. The van der Waals surface area contributed by atoms with Crippen molar-refractivity contribution in [3.8, 4) is 0 Å². The van der Waals surface area contributed by atoms with Crippen molar-refractivity contribution in [1.29, 1.82) is 0 Å². The lowest BCUT2D eigenvalue weighted by Gasteiger charge is -2.23. The number of allylic oxidation sites excluding steroid dienone is 2. The Bertz CT molecular complexity index is 671. The largest absolute Gasteiger partial charge is 0.481 e. The second-order valence-electron chi connectivity index (χ2n) is 6.36. The van der Waals surface area contributed by atoms with Gasteiger partial charge in [-0.15, -0.1) is 0 Å². The van der Waals surface area contributed by atoms with Gasteiger partial charge in [0.25, 0.3) is 0 Å². The van der Waals surface area contributed by atoms with Crippen LogP contribution in [0, 0.1) is 23.7 Å². The average molecular weight is 328 g/mol. The minimum atomic E-state index is -0.956. The molecule has 0 heterocycles. The van der Waals surface area contributed by atoms with Gasteiger partial charge in [-0.2, -0.15) is 0 Å². The van der Waals surface area contributed by atoms with E-state index < -0.39 is 23.7 Å². The molecule has 6 nitrogen and oxygen atoms in total. The van der Waals surface area contributed by atoms with Crippen LogP contribution < -0.4 is 10.9 Å². The molecule has 3 rings (SSSR count). The second-order valence-corrected chi connectivity index (χ2v) is 6.36. The predicted octanol–water partition coefficient (Wildman–Crippen LogP) is 1.29. The van der Waals surface area contributed by atoms with Crippen LogP contribution in [0.2, 0.25) is 0 Å². The number of nitrogens with one attached hydrogen (secondary N) is 2. The van der Waals surface area contributed by atoms with Crippen molar-refractivity contribution in [1.82, 2.24) is 10.9 Å². The van der Waals surface area contributed by atoms with Gasteiger partial charge < -0.3 is 5.11 Å². The van der Waals surface area contributed by atoms with Crippen molar-refractivity contribution in [2.24, 2.45) is 23.7 Å². The van der Waals surface area contributed by atoms with Crippen molar-refractivity contribution in [3.63, 3.8) is 0 Å². The Balaban J connectivity index is 1.49. The Morgan fingerprint density at radius 1 is 1.00 bits per heavy atom. The first-order chi connectivity index (χ1) is 11.6. The summed E-state index contributed by atoms with van der Waals surface area (Å²) < 4.78 is 0. The summed E-state index contributed by atoms with van der Waals surface area (Å²) in [5.74, 6) is -3.14. The Morgan fingerprint density at radius 3 is 2.33 bits per heavy atom. The van der Waals surface area contributed by atoms with Gasteiger partial charge in [-0.25, -0.2) is 0 Å². The summed E-state index contributed by atoms with van der Waals surface area (Å²) >= 11 is 0. The highest BCUT2D eigenvalue weighted by Gasteiger charge is 2.51. The van der Waals surface area contributed by atoms with Crippen molar-refractivity contribution < 1.29 is 19.5 Å². The number of rotatable bonds is 5. The molecule has 24 heavy (non-hydrogen) atoms. The number of carbonyl (C=O) groups is 3. The SMILES string of the molecule is O=C(CCc1ccccc1)NNC(=O)[C@H]1[C@H](C(=O)O)[C@@H]2C=C[C@H]1C2. The van der Waals surface area contributed by atoms with Crippen LogP contribution in [0.5, 0.6) is 0 Å². The molecule has 0 spiro atoms. The van der Waals surface area contributed by atoms with Crippen LogP contribution in [0.4, 0.5) is 0 Å². The van der Waals surface area contributed by atoms with Gasteiger partial charge in [0.05, 0.1) is 11.8 Å². The van der Waals surface area contributed by atoms with E-state index in [4.69, 9.17) is 0 Å². The zero-order chi connectivity index (χ0) is 17.1. The van der Waals surface area contributed by atoms with Crippen LogP contribution in [0.3, 0.4) is 0 Å². The molecular formula is C18H20N2O4. The van der Waals surface area contributed by atoms with Gasteiger partial charge in [-0.1, -0.05) is 42.5 Å². The first kappa shape index (κ1) is 16.2. The van der Waals surface area contributed by atoms with E-state index in [0.717, 1.165) is 5.56 Å². The lowest BCUT2D eigenvalue weighted by molar-refractivity contribution is -0.148. The molecule has 1 fully saturated rings. The summed E-state index contributed by atoms with van der Waals surface area (Å²) in [4.78, 5) is 35.6. The summed E-state index contributed by atoms with van der Waals surface area (Å²) in [6.45, 7) is 0. The molecule has 126 valence electrons. The van der Waals surface area contributed by atoms with Gasteiger partial charge in [0.1, 0.15) is 0 Å². The standard InChI is InChI=1S/C18H20N2O4/c21-14(9-6-11-4-2-1-3-5-11)19-20-17(22)15-12-7-8-13(10-12)16(15)18(23)24/h1-5,7-8,12-13,15-16H,6,9-10H2,(H,19,21)(H,20,22)(H,23,24)/t12-,13+,15+,16+/m0/s1. The highest BCUT2D eigenvalue weighted by atomic mass is 16.4. The predicted molar refractivity (Wildman–Crippen MR) is 86.4 cm³/mol. The Kier molecular flexibility index (Phi) is 4.64. The van der Waals surface area contributed by atoms with E-state index >= 15 is 0 Å². The minimum Gasteiger partial charge on any atom is -0.481 e. The van der Waals surface area contributed by atoms with Crippen molar-refractivity contribution in [3.05, 3.63) is 48.0 Å². The normalized spacial score (nSPS) is 27.0. The molecule has 0 unspecified atom stereocenters. The summed E-state index contributed by atoms with van der Waals surface area (Å²) in [6.07, 6.45) is 5.31. The monoisotopic (exact) mass is 328 g/mol. The van der Waals surface area contributed by atoms with Gasteiger partial charge >= 0.3 is 5.97 Å². The van der Waals surface area contributed by atoms with Crippen LogP contribution in [-0.4, -0.2) is 22.9 Å². The summed E-state index contributed by atoms with van der Waals surface area (Å²) in [5, 5.41) is 9.34. The molecule has 2 aliphatic rings. The van der Waals surface area contributed by atoms with Crippen LogP contribution in [0.25, 0.3) is 0 Å². The summed E-state index contributed by atoms with van der Waals surface area (Å²) in [5.41, 5.74) is 5.83. The maximum absolute atomic E-state index is 12.3. The highest BCUT2D eigenvalue weighted by molar-refractivity contribution is 5.88. The Hall–Kier alpha value is -2.63. The third kappa shape index (κ3) is 3.32. The van der Waals surface area contributed by atoms with Gasteiger partial charge in [-0.05, 0) is 30.2 Å². The first-order valence-electron chi connectivity index (χ1n) is 8.10. The van der Waals surface area contributed by atoms with Crippen LogP contribution >= 0.6 is 0 Å². The number of hydrogen-bond donors (Lipinski definition) is 3. The fourth-order valence-corrected chi connectivity index (χ4v) is 3.70. The number of carboxylic acids is 1. The van der Waals surface area contributed by atoms with Gasteiger partial charge in [0, 0.05) is 6.42 Å². The zero-order valence-electron chi connectivity index (χ0n) is 13.1. The molecule has 2 bridgehead atoms. The zero-order valence-corrected chi connectivity index (χ0v) is 13.1. The lowest BCUT2D eigenvalue weighted by atomic mass is 9.82. The number of fused-ring (bicyclic) bond motifs is 2. The van der Waals surface area contributed by atoms with Crippen molar-refractivity contribution >= 4 is 17.8 Å². The van der Waals surface area contributed by atoms with E-state index in [0.29, 0.717) is 12.8 Å². The van der Waals surface area contributed by atoms with E-state index in [-0.39, 0.29) is 24.2 Å². The highest BCUT2D eigenvalue weighted by Crippen LogP contribution is 2.48. The quantitative estimate of drug-likeness (QED) is 0.560. The first-order valence-corrected chi connectivity index (χ1v) is 8.10. The number of aryl methyl sites for hydroxylation is 1. The van der Waals surface area contributed by atoms with E-state index in [9.17, 15) is 19.5 Å². The van der Waals surface area contributed by atoms with Crippen LogP contribution in [0.15, 0.2) is 42.5 Å². The fourth-order valence-electron chi connectivity index (χ4n) is 3.70. The molecule has 0 saturated heterocycles. The van der Waals surface area contributed by atoms with Crippen molar-refractivity contribution in [2.45, 2.75) is 19.3 Å². The molecule has 2 amide bonds. The molecule has 3 N–H and O–H groups in total. The number of aliphatic carboxylic acids is 1. The van der Waals surface area contributed by atoms with Crippen LogP contribution in [0.1, 0.15) is 18.4 Å². The number of benzene rings is 1. The van der Waals surface area contributed by atoms with E-state index in [2.05, 4.69) is 10.9 Å². The Morgan fingerprint density at radius 2 is 1.67 bits per heavy atom. The van der Waals surface area contributed by atoms with Crippen molar-refractivity contribution in [2.75, 3.05) is 0 Å². The van der Waals surface area contributed by atoms with Gasteiger partial charge in [0.2, 0.25) is 11.8 Å². The Labute approximate surface area is 139 Å². The number of hydrogen-bond acceptors (Lipinski definition) is 3. The molecule has 1 saturated carbocycles. The molecule has 2 aliphatic carbocycles.